The zero-order chi connectivity index (χ0) is 24.3. The number of ether oxygens (including phenoxy) is 1. The summed E-state index contributed by atoms with van der Waals surface area (Å²) >= 11 is 0.982. The van der Waals surface area contributed by atoms with Crippen LogP contribution in [-0.4, -0.2) is 37.2 Å². The SMILES string of the molecule is Cc1csc(S(=O)(=O)N(CC(C)F)c2cc(C)c(C)cc2OCc2ccc(C(=O)O)cc2)n1. The summed E-state index contributed by atoms with van der Waals surface area (Å²) in [5, 5.41) is 10.7. The third kappa shape index (κ3) is 5.69. The molecular formula is C23H25FN2O5S2. The molecule has 1 unspecified atom stereocenters. The smallest absolute Gasteiger partial charge is 0.335 e. The number of carboxylic acids is 1. The Morgan fingerprint density at radius 1 is 1.18 bits per heavy atom. The van der Waals surface area contributed by atoms with Gasteiger partial charge in [-0.2, -0.15) is 8.42 Å². The largest absolute Gasteiger partial charge is 0.487 e. The van der Waals surface area contributed by atoms with Gasteiger partial charge >= 0.3 is 5.97 Å². The van der Waals surface area contributed by atoms with Crippen LogP contribution < -0.4 is 9.04 Å². The summed E-state index contributed by atoms with van der Waals surface area (Å²) in [5.74, 6) is -0.754. The molecule has 0 spiro atoms. The lowest BCUT2D eigenvalue weighted by Gasteiger charge is -2.27. The first kappa shape index (κ1) is 24.7. The molecule has 3 aromatic rings. The Morgan fingerprint density at radius 2 is 1.82 bits per heavy atom. The van der Waals surface area contributed by atoms with E-state index in [9.17, 15) is 17.6 Å². The average Bonchev–Trinajstić information content (AvgIpc) is 3.20. The van der Waals surface area contributed by atoms with E-state index in [1.807, 2.05) is 13.8 Å². The Bertz CT molecular complexity index is 1250. The number of nitrogens with zero attached hydrogens (tertiary/aromatic N) is 2. The Morgan fingerprint density at radius 3 is 2.36 bits per heavy atom. The van der Waals surface area contributed by atoms with Crippen LogP contribution in [0.4, 0.5) is 10.1 Å². The molecule has 0 amide bonds. The van der Waals surface area contributed by atoms with Gasteiger partial charge < -0.3 is 9.84 Å². The number of aromatic carboxylic acids is 1. The Balaban J connectivity index is 2.01. The highest BCUT2D eigenvalue weighted by molar-refractivity contribution is 7.94. The van der Waals surface area contributed by atoms with Gasteiger partial charge in [0.1, 0.15) is 18.5 Å². The first-order valence-corrected chi connectivity index (χ1v) is 12.5. The van der Waals surface area contributed by atoms with Gasteiger partial charge in [-0.3, -0.25) is 4.31 Å². The van der Waals surface area contributed by atoms with Crippen LogP contribution in [0.25, 0.3) is 0 Å². The highest BCUT2D eigenvalue weighted by Crippen LogP contribution is 2.36. The second-order valence-corrected chi connectivity index (χ2v) is 10.7. The average molecular weight is 493 g/mol. The van der Waals surface area contributed by atoms with E-state index < -0.39 is 28.7 Å². The van der Waals surface area contributed by atoms with Crippen LogP contribution in [0.2, 0.25) is 0 Å². The van der Waals surface area contributed by atoms with Crippen molar-refractivity contribution in [2.45, 2.75) is 44.8 Å². The van der Waals surface area contributed by atoms with Gasteiger partial charge in [0.2, 0.25) is 4.34 Å². The topological polar surface area (TPSA) is 96.8 Å². The number of thiazole rings is 1. The summed E-state index contributed by atoms with van der Waals surface area (Å²) in [7, 11) is -4.12. The molecule has 3 rings (SSSR count). The van der Waals surface area contributed by atoms with Crippen molar-refractivity contribution in [2.24, 2.45) is 0 Å². The minimum absolute atomic E-state index is 0.0742. The van der Waals surface area contributed by atoms with Crippen molar-refractivity contribution < 1.29 is 27.4 Å². The van der Waals surface area contributed by atoms with E-state index in [1.54, 1.807) is 36.6 Å². The molecule has 1 aromatic heterocycles. The van der Waals surface area contributed by atoms with Gasteiger partial charge in [0.25, 0.3) is 10.0 Å². The quantitative estimate of drug-likeness (QED) is 0.456. The summed E-state index contributed by atoms with van der Waals surface area (Å²) in [6.45, 7) is 6.37. The maximum absolute atomic E-state index is 14.1. The van der Waals surface area contributed by atoms with Crippen molar-refractivity contribution in [1.82, 2.24) is 4.98 Å². The summed E-state index contributed by atoms with van der Waals surface area (Å²) in [6, 6.07) is 9.57. The van der Waals surface area contributed by atoms with Crippen molar-refractivity contribution in [1.29, 1.82) is 0 Å². The number of carbonyl (C=O) groups is 1. The second kappa shape index (κ2) is 9.88. The zero-order valence-corrected chi connectivity index (χ0v) is 20.3. The van der Waals surface area contributed by atoms with Crippen LogP contribution in [-0.2, 0) is 16.6 Å². The van der Waals surface area contributed by atoms with Crippen LogP contribution in [0.5, 0.6) is 5.75 Å². The van der Waals surface area contributed by atoms with Crippen molar-refractivity contribution in [3.63, 3.8) is 0 Å². The molecular weight excluding hydrogens is 467 g/mol. The molecule has 176 valence electrons. The maximum Gasteiger partial charge on any atom is 0.335 e. The van der Waals surface area contributed by atoms with Gasteiger partial charge in [-0.05, 0) is 68.7 Å². The van der Waals surface area contributed by atoms with Gasteiger partial charge in [-0.15, -0.1) is 11.3 Å². The number of hydrogen-bond donors (Lipinski definition) is 1. The van der Waals surface area contributed by atoms with Crippen molar-refractivity contribution in [3.8, 4) is 5.75 Å². The normalized spacial score (nSPS) is 12.4. The summed E-state index contributed by atoms with van der Waals surface area (Å²) in [6.07, 6.45) is -1.43. The molecule has 0 fully saturated rings. The Kier molecular flexibility index (Phi) is 7.38. The first-order valence-electron chi connectivity index (χ1n) is 10.1. The Labute approximate surface area is 196 Å². The number of hydrogen-bond acceptors (Lipinski definition) is 6. The lowest BCUT2D eigenvalue weighted by Crippen LogP contribution is -2.36. The monoisotopic (exact) mass is 492 g/mol. The third-order valence-corrected chi connectivity index (χ3v) is 8.10. The molecule has 33 heavy (non-hydrogen) atoms. The zero-order valence-electron chi connectivity index (χ0n) is 18.7. The van der Waals surface area contributed by atoms with E-state index >= 15 is 0 Å². The number of sulfonamides is 1. The van der Waals surface area contributed by atoms with Crippen molar-refractivity contribution in [2.75, 3.05) is 10.8 Å². The standard InChI is InChI=1S/C23H25FN2O5S2/c1-14-9-20(26(11-16(3)24)33(29,30)23-25-17(4)13-32-23)21(10-15(14)2)31-12-18-5-7-19(8-6-18)22(27)28/h5-10,13,16H,11-12H2,1-4H3,(H,27,28). The lowest BCUT2D eigenvalue weighted by atomic mass is 10.1. The predicted molar refractivity (Wildman–Crippen MR) is 126 cm³/mol. The fraction of sp³-hybridized carbons (Fsp3) is 0.304. The molecule has 1 heterocycles. The number of anilines is 1. The van der Waals surface area contributed by atoms with Gasteiger partial charge in [0.15, 0.2) is 0 Å². The van der Waals surface area contributed by atoms with E-state index in [4.69, 9.17) is 9.84 Å². The minimum atomic E-state index is -4.12. The van der Waals surface area contributed by atoms with Crippen LogP contribution in [0.3, 0.4) is 0 Å². The summed E-state index contributed by atoms with van der Waals surface area (Å²) in [5.41, 5.74) is 3.34. The number of halogens is 1. The lowest BCUT2D eigenvalue weighted by molar-refractivity contribution is 0.0696. The summed E-state index contributed by atoms with van der Waals surface area (Å²) in [4.78, 5) is 15.2. The van der Waals surface area contributed by atoms with E-state index in [0.29, 0.717) is 11.3 Å². The Hall–Kier alpha value is -2.98. The van der Waals surface area contributed by atoms with E-state index in [1.165, 1.54) is 19.1 Å². The molecule has 0 saturated carbocycles. The molecule has 2 aromatic carbocycles. The van der Waals surface area contributed by atoms with E-state index in [2.05, 4.69) is 4.98 Å². The molecule has 7 nitrogen and oxygen atoms in total. The van der Waals surface area contributed by atoms with Gasteiger partial charge in [-0.1, -0.05) is 12.1 Å². The fourth-order valence-corrected chi connectivity index (χ4v) is 5.76. The number of alkyl halides is 1. The van der Waals surface area contributed by atoms with Crippen LogP contribution in [0.1, 0.15) is 39.7 Å². The molecule has 0 radical (unpaired) electrons. The maximum atomic E-state index is 14.1. The number of aromatic nitrogens is 1. The molecule has 10 heteroatoms. The number of rotatable bonds is 9. The molecule has 0 aliphatic carbocycles. The number of benzene rings is 2. The van der Waals surface area contributed by atoms with E-state index in [0.717, 1.165) is 26.8 Å². The number of carboxylic acid groups (broad SMARTS) is 1. The summed E-state index contributed by atoms with van der Waals surface area (Å²) < 4.78 is 47.8. The van der Waals surface area contributed by atoms with Gasteiger partial charge in [-0.25, -0.2) is 14.2 Å². The van der Waals surface area contributed by atoms with Gasteiger partial charge in [0.05, 0.1) is 17.8 Å². The van der Waals surface area contributed by atoms with E-state index in [-0.39, 0.29) is 27.9 Å². The predicted octanol–water partition coefficient (Wildman–Crippen LogP) is 4.90. The highest BCUT2D eigenvalue weighted by Gasteiger charge is 2.31. The van der Waals surface area contributed by atoms with Crippen LogP contribution in [0, 0.1) is 20.8 Å². The molecule has 0 bridgehead atoms. The van der Waals surface area contributed by atoms with Crippen LogP contribution >= 0.6 is 11.3 Å². The molecule has 0 aliphatic rings. The minimum Gasteiger partial charge on any atom is -0.487 e. The molecule has 0 saturated heterocycles. The number of aryl methyl sites for hydroxylation is 3. The van der Waals surface area contributed by atoms with Crippen molar-refractivity contribution >= 4 is 33.0 Å². The first-order chi connectivity index (χ1) is 15.5. The van der Waals surface area contributed by atoms with Gasteiger partial charge in [0, 0.05) is 11.1 Å². The molecule has 1 atom stereocenters. The van der Waals surface area contributed by atoms with Crippen molar-refractivity contribution in [3.05, 3.63) is 69.7 Å². The second-order valence-electron chi connectivity index (χ2n) is 7.77. The third-order valence-electron chi connectivity index (χ3n) is 4.97. The fourth-order valence-electron chi connectivity index (χ4n) is 3.09. The molecule has 0 aliphatic heterocycles. The van der Waals surface area contributed by atoms with Crippen LogP contribution in [0.15, 0.2) is 46.1 Å². The highest BCUT2D eigenvalue weighted by atomic mass is 32.2. The molecule has 1 N–H and O–H groups in total.